The fraction of sp³-hybridized carbons (Fsp3) is 0. The fourth-order valence-electron chi connectivity index (χ4n) is 1.36. The van der Waals surface area contributed by atoms with Crippen LogP contribution >= 0.6 is 11.6 Å². The van der Waals surface area contributed by atoms with Gasteiger partial charge in [0.05, 0.1) is 15.6 Å². The highest BCUT2D eigenvalue weighted by Gasteiger charge is 2.11. The minimum atomic E-state index is -3.85. The Morgan fingerprint density at radius 1 is 1.52 bits per heavy atom. The highest BCUT2D eigenvalue weighted by Crippen LogP contribution is 2.25. The van der Waals surface area contributed by atoms with Crippen molar-refractivity contribution in [1.29, 1.82) is 5.26 Å². The second-order valence-electron chi connectivity index (χ2n) is 3.74. The second-order valence-corrected chi connectivity index (χ2v) is 5.70. The second kappa shape index (κ2) is 5.88. The van der Waals surface area contributed by atoms with E-state index in [1.807, 2.05) is 6.07 Å². The number of hydrogen-bond donors (Lipinski definition) is 3. The van der Waals surface area contributed by atoms with Crippen LogP contribution in [0.5, 0.6) is 0 Å². The Labute approximate surface area is 124 Å². The van der Waals surface area contributed by atoms with Crippen molar-refractivity contribution in [2.45, 2.75) is 4.90 Å². The molecule has 0 radical (unpaired) electrons. The van der Waals surface area contributed by atoms with Crippen LogP contribution in [0.1, 0.15) is 5.82 Å². The van der Waals surface area contributed by atoms with Gasteiger partial charge in [0, 0.05) is 6.20 Å². The van der Waals surface area contributed by atoms with Gasteiger partial charge in [0.15, 0.2) is 0 Å². The first kappa shape index (κ1) is 14.9. The Morgan fingerprint density at radius 2 is 2.29 bits per heavy atom. The summed E-state index contributed by atoms with van der Waals surface area (Å²) in [5.74, 6) is 0.0868. The highest BCUT2D eigenvalue weighted by atomic mass is 35.5. The summed E-state index contributed by atoms with van der Waals surface area (Å²) in [5.41, 5.74) is 0.347. The first-order valence-corrected chi connectivity index (χ1v) is 7.27. The van der Waals surface area contributed by atoms with Gasteiger partial charge < -0.3 is 5.32 Å². The molecular formula is C10H8ClN7O2S. The van der Waals surface area contributed by atoms with Crippen LogP contribution in [0.15, 0.2) is 29.3 Å². The van der Waals surface area contributed by atoms with E-state index in [2.05, 4.69) is 25.9 Å². The average molecular weight is 326 g/mol. The topological polar surface area (TPSA) is 150 Å². The summed E-state index contributed by atoms with van der Waals surface area (Å²) in [5, 5.41) is 29.8. The average Bonchev–Trinajstić information content (AvgIpc) is 2.94. The van der Waals surface area contributed by atoms with Crippen molar-refractivity contribution in [2.75, 3.05) is 5.32 Å². The molecule has 21 heavy (non-hydrogen) atoms. The largest absolute Gasteiger partial charge is 0.359 e. The minimum Gasteiger partial charge on any atom is -0.359 e. The van der Waals surface area contributed by atoms with Crippen molar-refractivity contribution in [3.8, 4) is 6.07 Å². The number of H-pyrrole nitrogens is 1. The van der Waals surface area contributed by atoms with Crippen LogP contribution in [0.3, 0.4) is 0 Å². The zero-order chi connectivity index (χ0) is 15.5. The molecule has 1 aromatic carbocycles. The number of nitrogens with two attached hydrogens (primary N) is 1. The Morgan fingerprint density at radius 3 is 2.86 bits per heavy atom. The lowest BCUT2D eigenvalue weighted by Crippen LogP contribution is -2.12. The number of hydrogen-bond acceptors (Lipinski definition) is 7. The number of anilines is 1. The standard InChI is InChI=1S/C10H8ClN7O2S/c11-8-2-1-7(21(13,19)20)3-9(8)14-5-6(4-12)10-15-17-18-16-10/h1-3,5,14H,(H2,13,19,20)(H,15,16,17,18). The molecule has 0 atom stereocenters. The molecule has 0 saturated heterocycles. The van der Waals surface area contributed by atoms with E-state index in [-0.39, 0.29) is 27.0 Å². The number of aromatic nitrogens is 4. The molecule has 0 unspecified atom stereocenters. The molecule has 1 aromatic heterocycles. The minimum absolute atomic E-state index is 0.0841. The number of rotatable bonds is 4. The maximum atomic E-state index is 11.3. The van der Waals surface area contributed by atoms with Crippen molar-refractivity contribution in [1.82, 2.24) is 20.6 Å². The molecule has 1 heterocycles. The lowest BCUT2D eigenvalue weighted by molar-refractivity contribution is 0.598. The third-order valence-corrected chi connectivity index (χ3v) is 3.59. The van der Waals surface area contributed by atoms with Gasteiger partial charge in [-0.1, -0.05) is 11.6 Å². The Bertz CT molecular complexity index is 824. The van der Waals surface area contributed by atoms with Crippen molar-refractivity contribution in [3.05, 3.63) is 35.2 Å². The summed E-state index contributed by atoms with van der Waals surface area (Å²) in [7, 11) is -3.85. The van der Waals surface area contributed by atoms with Crippen molar-refractivity contribution < 1.29 is 8.42 Å². The monoisotopic (exact) mass is 325 g/mol. The first-order valence-electron chi connectivity index (χ1n) is 5.35. The van der Waals surface area contributed by atoms with E-state index in [1.165, 1.54) is 24.4 Å². The van der Waals surface area contributed by atoms with Crippen molar-refractivity contribution in [3.63, 3.8) is 0 Å². The maximum Gasteiger partial charge on any atom is 0.238 e. The quantitative estimate of drug-likeness (QED) is 0.691. The van der Waals surface area contributed by atoms with E-state index in [9.17, 15) is 8.42 Å². The molecular weight excluding hydrogens is 318 g/mol. The zero-order valence-corrected chi connectivity index (χ0v) is 11.9. The van der Waals surface area contributed by atoms with Gasteiger partial charge in [0.1, 0.15) is 11.6 Å². The third kappa shape index (κ3) is 3.54. The van der Waals surface area contributed by atoms with Crippen LogP contribution in [-0.4, -0.2) is 29.0 Å². The molecule has 0 fully saturated rings. The number of allylic oxidation sites excluding steroid dienone is 1. The molecule has 9 nitrogen and oxygen atoms in total. The number of primary sulfonamides is 1. The molecule has 11 heteroatoms. The summed E-state index contributed by atoms with van der Waals surface area (Å²) in [4.78, 5) is -0.110. The van der Waals surface area contributed by atoms with Gasteiger partial charge >= 0.3 is 0 Å². The number of nitriles is 1. The molecule has 0 aliphatic carbocycles. The van der Waals surface area contributed by atoms with E-state index in [1.54, 1.807) is 0 Å². The van der Waals surface area contributed by atoms with Crippen LogP contribution in [-0.2, 0) is 10.0 Å². The Balaban J connectivity index is 2.34. The smallest absolute Gasteiger partial charge is 0.238 e. The van der Waals surface area contributed by atoms with E-state index >= 15 is 0 Å². The predicted molar refractivity (Wildman–Crippen MR) is 74.2 cm³/mol. The zero-order valence-electron chi connectivity index (χ0n) is 10.3. The lowest BCUT2D eigenvalue weighted by Gasteiger charge is -2.06. The van der Waals surface area contributed by atoms with Crippen molar-refractivity contribution in [2.24, 2.45) is 5.14 Å². The van der Waals surface area contributed by atoms with Crippen LogP contribution in [0, 0.1) is 11.3 Å². The van der Waals surface area contributed by atoms with E-state index in [0.717, 1.165) is 0 Å². The fourth-order valence-corrected chi connectivity index (χ4v) is 2.08. The summed E-state index contributed by atoms with van der Waals surface area (Å²) in [6, 6.07) is 5.76. The number of sulfonamides is 1. The van der Waals surface area contributed by atoms with Gasteiger partial charge in [-0.05, 0) is 23.4 Å². The number of aromatic amines is 1. The number of nitrogens with one attached hydrogen (secondary N) is 2. The maximum absolute atomic E-state index is 11.3. The molecule has 0 aliphatic heterocycles. The van der Waals surface area contributed by atoms with E-state index in [4.69, 9.17) is 22.0 Å². The molecule has 108 valence electrons. The number of benzene rings is 1. The van der Waals surface area contributed by atoms with Crippen LogP contribution < -0.4 is 10.5 Å². The molecule has 0 aliphatic rings. The van der Waals surface area contributed by atoms with Gasteiger partial charge in [-0.2, -0.15) is 10.5 Å². The van der Waals surface area contributed by atoms with E-state index < -0.39 is 10.0 Å². The number of halogens is 1. The number of tetrazole rings is 1. The van der Waals surface area contributed by atoms with Gasteiger partial charge in [0.2, 0.25) is 15.8 Å². The van der Waals surface area contributed by atoms with Crippen molar-refractivity contribution >= 4 is 32.9 Å². The summed E-state index contributed by atoms with van der Waals surface area (Å²) < 4.78 is 22.6. The lowest BCUT2D eigenvalue weighted by atomic mass is 10.3. The van der Waals surface area contributed by atoms with Gasteiger partial charge in [0.25, 0.3) is 0 Å². The summed E-state index contributed by atoms with van der Waals surface area (Å²) in [6.45, 7) is 0. The summed E-state index contributed by atoms with van der Waals surface area (Å²) >= 11 is 5.94. The normalized spacial score (nSPS) is 12.0. The van der Waals surface area contributed by atoms with Crippen LogP contribution in [0.2, 0.25) is 5.02 Å². The highest BCUT2D eigenvalue weighted by molar-refractivity contribution is 7.89. The van der Waals surface area contributed by atoms with Crippen LogP contribution in [0.4, 0.5) is 5.69 Å². The molecule has 0 spiro atoms. The van der Waals surface area contributed by atoms with Gasteiger partial charge in [-0.15, -0.1) is 10.2 Å². The molecule has 0 bridgehead atoms. The van der Waals surface area contributed by atoms with Crippen LogP contribution in [0.25, 0.3) is 5.57 Å². The summed E-state index contributed by atoms with van der Waals surface area (Å²) in [6.07, 6.45) is 1.28. The molecule has 0 saturated carbocycles. The van der Waals surface area contributed by atoms with Gasteiger partial charge in [-0.25, -0.2) is 13.6 Å². The molecule has 4 N–H and O–H groups in total. The third-order valence-electron chi connectivity index (χ3n) is 2.35. The molecule has 2 rings (SSSR count). The van der Waals surface area contributed by atoms with E-state index in [0.29, 0.717) is 0 Å². The Kier molecular flexibility index (Phi) is 4.18. The molecule has 2 aromatic rings. The SMILES string of the molecule is N#CC(=CNc1cc(S(N)(=O)=O)ccc1Cl)c1nn[nH]n1. The predicted octanol–water partition coefficient (Wildman–Crippen LogP) is 0.477. The van der Waals surface area contributed by atoms with Gasteiger partial charge in [-0.3, -0.25) is 0 Å². The first-order chi connectivity index (χ1) is 9.91. The number of nitrogens with zero attached hydrogens (tertiary/aromatic N) is 4. The molecule has 0 amide bonds. The Hall–Kier alpha value is -2.48.